The predicted molar refractivity (Wildman–Crippen MR) is 117 cm³/mol. The van der Waals surface area contributed by atoms with Crippen molar-refractivity contribution < 1.29 is 29.0 Å². The summed E-state index contributed by atoms with van der Waals surface area (Å²) < 4.78 is 11.0. The van der Waals surface area contributed by atoms with E-state index in [2.05, 4.69) is 0 Å². The summed E-state index contributed by atoms with van der Waals surface area (Å²) in [6.07, 6.45) is -2.12. The lowest BCUT2D eigenvalue weighted by molar-refractivity contribution is -0.0320. The lowest BCUT2D eigenvalue weighted by atomic mass is 10.1. The summed E-state index contributed by atoms with van der Waals surface area (Å²) in [6.45, 7) is 11.4. The molecule has 2 heterocycles. The minimum atomic E-state index is -1.11. The fraction of sp³-hybridized carbons (Fsp3) is 0.609. The number of hydrogen-bond acceptors (Lipinski definition) is 6. The van der Waals surface area contributed by atoms with Gasteiger partial charge in [-0.3, -0.25) is 9.69 Å². The maximum absolute atomic E-state index is 12.9. The second-order valence-electron chi connectivity index (χ2n) is 10.2. The maximum atomic E-state index is 12.9. The van der Waals surface area contributed by atoms with E-state index in [1.807, 2.05) is 0 Å². The molecule has 0 aromatic heterocycles. The van der Waals surface area contributed by atoms with Gasteiger partial charge in [-0.2, -0.15) is 0 Å². The zero-order valence-electron chi connectivity index (χ0n) is 19.6. The van der Waals surface area contributed by atoms with E-state index in [-0.39, 0.29) is 32.1 Å². The standard InChI is InChI=1S/C23H33N3O6/c1-22(2,3)31-20(29)24-11-12-25(21(30)32-23(4,5)6)15(13-24)14-26-18(27)16-9-7-8-10-17(16)19(26)28/h7-10,15,18,27H,11-14H2,1-6H3/t15-,18?/m0/s1. The summed E-state index contributed by atoms with van der Waals surface area (Å²) in [5.74, 6) is -0.313. The van der Waals surface area contributed by atoms with Crippen LogP contribution in [0.2, 0.25) is 0 Å². The van der Waals surface area contributed by atoms with Crippen molar-refractivity contribution in [2.75, 3.05) is 26.2 Å². The third-order valence-corrected chi connectivity index (χ3v) is 5.20. The second kappa shape index (κ2) is 8.61. The largest absolute Gasteiger partial charge is 0.444 e. The minimum absolute atomic E-state index is 0.0488. The quantitative estimate of drug-likeness (QED) is 0.748. The molecule has 1 saturated heterocycles. The number of rotatable bonds is 2. The molecule has 0 saturated carbocycles. The number of aliphatic hydroxyl groups excluding tert-OH is 1. The highest BCUT2D eigenvalue weighted by Gasteiger charge is 2.42. The first kappa shape index (κ1) is 23.8. The van der Waals surface area contributed by atoms with Gasteiger partial charge in [-0.1, -0.05) is 18.2 Å². The molecule has 32 heavy (non-hydrogen) atoms. The Kier molecular flexibility index (Phi) is 6.42. The summed E-state index contributed by atoms with van der Waals surface area (Å²) in [6, 6.07) is 6.30. The Labute approximate surface area is 188 Å². The number of nitrogens with zero attached hydrogens (tertiary/aromatic N) is 3. The van der Waals surface area contributed by atoms with Crippen molar-refractivity contribution in [2.24, 2.45) is 0 Å². The van der Waals surface area contributed by atoms with E-state index in [4.69, 9.17) is 9.47 Å². The molecule has 1 fully saturated rings. The molecule has 176 valence electrons. The van der Waals surface area contributed by atoms with Crippen LogP contribution in [0.4, 0.5) is 9.59 Å². The minimum Gasteiger partial charge on any atom is -0.444 e. The molecule has 3 rings (SSSR count). The molecule has 2 atom stereocenters. The Morgan fingerprint density at radius 2 is 1.59 bits per heavy atom. The van der Waals surface area contributed by atoms with Crippen LogP contribution in [0.25, 0.3) is 0 Å². The Morgan fingerprint density at radius 1 is 1.00 bits per heavy atom. The molecule has 1 unspecified atom stereocenters. The van der Waals surface area contributed by atoms with Gasteiger partial charge in [0, 0.05) is 37.3 Å². The van der Waals surface area contributed by atoms with Crippen LogP contribution < -0.4 is 0 Å². The summed E-state index contributed by atoms with van der Waals surface area (Å²) in [5, 5.41) is 10.7. The van der Waals surface area contributed by atoms with E-state index in [1.165, 1.54) is 14.7 Å². The van der Waals surface area contributed by atoms with Crippen LogP contribution in [0.1, 0.15) is 63.7 Å². The summed E-state index contributed by atoms with van der Waals surface area (Å²) in [4.78, 5) is 42.8. The number of carbonyl (C=O) groups excluding carboxylic acids is 3. The Hall–Kier alpha value is -2.81. The van der Waals surface area contributed by atoms with Gasteiger partial charge in [-0.05, 0) is 47.6 Å². The molecule has 9 heteroatoms. The number of hydrogen-bond donors (Lipinski definition) is 1. The third-order valence-electron chi connectivity index (χ3n) is 5.20. The fourth-order valence-corrected chi connectivity index (χ4v) is 3.83. The Morgan fingerprint density at radius 3 is 2.19 bits per heavy atom. The monoisotopic (exact) mass is 447 g/mol. The zero-order valence-corrected chi connectivity index (χ0v) is 19.6. The lowest BCUT2D eigenvalue weighted by Gasteiger charge is -2.43. The van der Waals surface area contributed by atoms with Crippen molar-refractivity contribution in [3.8, 4) is 0 Å². The van der Waals surface area contributed by atoms with Gasteiger partial charge in [-0.15, -0.1) is 0 Å². The zero-order chi connectivity index (χ0) is 23.8. The van der Waals surface area contributed by atoms with Crippen LogP contribution in [0.3, 0.4) is 0 Å². The highest BCUT2D eigenvalue weighted by molar-refractivity contribution is 5.98. The van der Waals surface area contributed by atoms with E-state index in [0.29, 0.717) is 11.1 Å². The molecule has 1 N–H and O–H groups in total. The highest BCUT2D eigenvalue weighted by Crippen LogP contribution is 2.32. The van der Waals surface area contributed by atoms with Crippen LogP contribution >= 0.6 is 0 Å². The first-order valence-electron chi connectivity index (χ1n) is 10.8. The summed E-state index contributed by atoms with van der Waals surface area (Å²) in [5.41, 5.74) is -0.384. The molecule has 0 radical (unpaired) electrons. The van der Waals surface area contributed by atoms with Crippen molar-refractivity contribution in [2.45, 2.75) is 65.0 Å². The fourth-order valence-electron chi connectivity index (χ4n) is 3.83. The number of ether oxygens (including phenoxy) is 2. The molecule has 1 aromatic rings. The number of carbonyl (C=O) groups is 3. The summed E-state index contributed by atoms with van der Waals surface area (Å²) in [7, 11) is 0. The van der Waals surface area contributed by atoms with Gasteiger partial charge < -0.3 is 24.4 Å². The Bertz CT molecular complexity index is 888. The average Bonchev–Trinajstić information content (AvgIpc) is 2.90. The van der Waals surface area contributed by atoms with Crippen LogP contribution in [0.15, 0.2) is 24.3 Å². The van der Waals surface area contributed by atoms with E-state index >= 15 is 0 Å². The molecule has 0 aliphatic carbocycles. The third kappa shape index (κ3) is 5.32. The van der Waals surface area contributed by atoms with Gasteiger partial charge in [0.1, 0.15) is 11.2 Å². The molecule has 3 amide bonds. The van der Waals surface area contributed by atoms with Crippen molar-refractivity contribution in [1.29, 1.82) is 0 Å². The number of piperazine rings is 1. The van der Waals surface area contributed by atoms with Crippen LogP contribution in [-0.4, -0.2) is 81.3 Å². The van der Waals surface area contributed by atoms with Crippen molar-refractivity contribution >= 4 is 18.1 Å². The molecule has 0 spiro atoms. The van der Waals surface area contributed by atoms with Gasteiger partial charge in [0.2, 0.25) is 0 Å². The van der Waals surface area contributed by atoms with Gasteiger partial charge in [0.05, 0.1) is 6.04 Å². The van der Waals surface area contributed by atoms with Crippen LogP contribution in [-0.2, 0) is 9.47 Å². The molecular formula is C23H33N3O6. The normalized spacial score (nSPS) is 21.5. The number of fused-ring (bicyclic) bond motifs is 1. The second-order valence-corrected chi connectivity index (χ2v) is 10.2. The molecule has 9 nitrogen and oxygen atoms in total. The molecule has 2 aliphatic heterocycles. The van der Waals surface area contributed by atoms with Crippen molar-refractivity contribution in [1.82, 2.24) is 14.7 Å². The van der Waals surface area contributed by atoms with Crippen molar-refractivity contribution in [3.63, 3.8) is 0 Å². The smallest absolute Gasteiger partial charge is 0.410 e. The first-order valence-corrected chi connectivity index (χ1v) is 10.8. The van der Waals surface area contributed by atoms with E-state index in [1.54, 1.807) is 65.8 Å². The molecular weight excluding hydrogens is 414 g/mol. The van der Waals surface area contributed by atoms with Gasteiger partial charge in [0.15, 0.2) is 6.23 Å². The van der Waals surface area contributed by atoms with Gasteiger partial charge in [0.25, 0.3) is 5.91 Å². The Balaban J connectivity index is 1.82. The van der Waals surface area contributed by atoms with Crippen molar-refractivity contribution in [3.05, 3.63) is 35.4 Å². The first-order chi connectivity index (χ1) is 14.8. The van der Waals surface area contributed by atoms with E-state index < -0.39 is 35.7 Å². The van der Waals surface area contributed by atoms with Gasteiger partial charge >= 0.3 is 12.2 Å². The summed E-state index contributed by atoms with van der Waals surface area (Å²) >= 11 is 0. The van der Waals surface area contributed by atoms with Crippen LogP contribution in [0.5, 0.6) is 0 Å². The predicted octanol–water partition coefficient (Wildman–Crippen LogP) is 2.99. The van der Waals surface area contributed by atoms with E-state index in [9.17, 15) is 19.5 Å². The van der Waals surface area contributed by atoms with E-state index in [0.717, 1.165) is 0 Å². The number of amides is 3. The average molecular weight is 448 g/mol. The number of aliphatic hydroxyl groups is 1. The van der Waals surface area contributed by atoms with Crippen LogP contribution in [0, 0.1) is 0 Å². The van der Waals surface area contributed by atoms with Gasteiger partial charge in [-0.25, -0.2) is 9.59 Å². The molecule has 2 aliphatic rings. The number of benzene rings is 1. The topological polar surface area (TPSA) is 99.6 Å². The highest BCUT2D eigenvalue weighted by atomic mass is 16.6. The SMILES string of the molecule is CC(C)(C)OC(=O)N1CCN(C(=O)OC(C)(C)C)[C@H](CN2C(=O)c3ccccc3C2O)C1. The molecule has 0 bridgehead atoms. The maximum Gasteiger partial charge on any atom is 0.410 e. The molecule has 1 aromatic carbocycles. The lowest BCUT2D eigenvalue weighted by Crippen LogP contribution is -2.61.